The zero-order chi connectivity index (χ0) is 10.2. The van der Waals surface area contributed by atoms with Crippen LogP contribution in [0.3, 0.4) is 0 Å². The summed E-state index contributed by atoms with van der Waals surface area (Å²) in [7, 11) is 0. The van der Waals surface area contributed by atoms with Crippen molar-refractivity contribution in [3.63, 3.8) is 0 Å². The molecule has 0 spiro atoms. The normalized spacial score (nSPS) is 41.8. The lowest BCUT2D eigenvalue weighted by Gasteiger charge is -2.40. The number of alkyl halides is 2. The van der Waals surface area contributed by atoms with Gasteiger partial charge in [-0.25, -0.2) is 8.78 Å². The zero-order valence-corrected chi connectivity index (χ0v) is 8.31. The molecule has 2 rings (SSSR count). The Hall–Kier alpha value is -0.220. The Kier molecular flexibility index (Phi) is 2.75. The number of nitrogens with one attached hydrogen (secondary N) is 1. The fourth-order valence-electron chi connectivity index (χ4n) is 2.38. The van der Waals surface area contributed by atoms with Crippen molar-refractivity contribution in [2.24, 2.45) is 5.73 Å². The molecular formula is C10H18F2N2. The third-order valence-electron chi connectivity index (χ3n) is 3.37. The SMILES string of the molecule is NC1CC(NC2CCCCC2(F)F)C1. The summed E-state index contributed by atoms with van der Waals surface area (Å²) < 4.78 is 26.8. The molecule has 0 aromatic heterocycles. The van der Waals surface area contributed by atoms with E-state index in [4.69, 9.17) is 5.73 Å². The van der Waals surface area contributed by atoms with Gasteiger partial charge in [-0.05, 0) is 25.7 Å². The summed E-state index contributed by atoms with van der Waals surface area (Å²) in [6.45, 7) is 0. The molecule has 0 bridgehead atoms. The van der Waals surface area contributed by atoms with Crippen molar-refractivity contribution >= 4 is 0 Å². The Labute approximate surface area is 83.2 Å². The van der Waals surface area contributed by atoms with Crippen LogP contribution in [0.15, 0.2) is 0 Å². The van der Waals surface area contributed by atoms with Crippen molar-refractivity contribution in [2.75, 3.05) is 0 Å². The largest absolute Gasteiger partial charge is 0.328 e. The first kappa shape index (κ1) is 10.3. The van der Waals surface area contributed by atoms with E-state index in [-0.39, 0.29) is 18.5 Å². The Bertz CT molecular complexity index is 202. The van der Waals surface area contributed by atoms with Gasteiger partial charge in [-0.3, -0.25) is 0 Å². The molecule has 4 heteroatoms. The molecule has 1 unspecified atom stereocenters. The highest BCUT2D eigenvalue weighted by molar-refractivity contribution is 4.95. The third kappa shape index (κ3) is 2.06. The van der Waals surface area contributed by atoms with Gasteiger partial charge in [0, 0.05) is 18.5 Å². The predicted octanol–water partition coefficient (Wildman–Crippen LogP) is 1.64. The van der Waals surface area contributed by atoms with Gasteiger partial charge in [0.2, 0.25) is 0 Å². The molecular weight excluding hydrogens is 186 g/mol. The van der Waals surface area contributed by atoms with Crippen LogP contribution < -0.4 is 11.1 Å². The minimum atomic E-state index is -2.50. The quantitative estimate of drug-likeness (QED) is 0.717. The summed E-state index contributed by atoms with van der Waals surface area (Å²) in [5, 5.41) is 3.05. The number of hydrogen-bond donors (Lipinski definition) is 2. The molecule has 0 aromatic rings. The first-order valence-electron chi connectivity index (χ1n) is 5.47. The predicted molar refractivity (Wildman–Crippen MR) is 51.3 cm³/mol. The molecule has 0 aliphatic heterocycles. The number of hydrogen-bond acceptors (Lipinski definition) is 2. The highest BCUT2D eigenvalue weighted by Crippen LogP contribution is 2.34. The van der Waals surface area contributed by atoms with Gasteiger partial charge in [-0.15, -0.1) is 0 Å². The van der Waals surface area contributed by atoms with Crippen molar-refractivity contribution in [1.82, 2.24) is 5.32 Å². The molecule has 0 amide bonds. The van der Waals surface area contributed by atoms with Gasteiger partial charge in [-0.2, -0.15) is 0 Å². The van der Waals surface area contributed by atoms with E-state index in [1.54, 1.807) is 0 Å². The van der Waals surface area contributed by atoms with E-state index >= 15 is 0 Å². The average Bonchev–Trinajstić information content (AvgIpc) is 2.05. The lowest BCUT2D eigenvalue weighted by atomic mass is 9.84. The van der Waals surface area contributed by atoms with Crippen molar-refractivity contribution in [2.45, 2.75) is 62.6 Å². The zero-order valence-electron chi connectivity index (χ0n) is 8.31. The molecule has 0 saturated heterocycles. The van der Waals surface area contributed by atoms with Crippen molar-refractivity contribution in [3.05, 3.63) is 0 Å². The van der Waals surface area contributed by atoms with Crippen molar-refractivity contribution in [3.8, 4) is 0 Å². The second-order valence-corrected chi connectivity index (χ2v) is 4.65. The summed E-state index contributed by atoms with van der Waals surface area (Å²) in [6.07, 6.45) is 3.95. The standard InChI is InChI=1S/C10H18F2N2/c11-10(12)4-2-1-3-9(10)14-8-5-7(13)6-8/h7-9,14H,1-6,13H2. The molecule has 0 aromatic carbocycles. The summed E-state index contributed by atoms with van der Waals surface area (Å²) in [4.78, 5) is 0. The van der Waals surface area contributed by atoms with Gasteiger partial charge in [-0.1, -0.05) is 6.42 Å². The van der Waals surface area contributed by atoms with Gasteiger partial charge < -0.3 is 11.1 Å². The number of rotatable bonds is 2. The van der Waals surface area contributed by atoms with Gasteiger partial charge in [0.05, 0.1) is 6.04 Å². The minimum Gasteiger partial charge on any atom is -0.328 e. The van der Waals surface area contributed by atoms with Gasteiger partial charge >= 0.3 is 0 Å². The monoisotopic (exact) mass is 204 g/mol. The highest BCUT2D eigenvalue weighted by Gasteiger charge is 2.43. The van der Waals surface area contributed by atoms with E-state index in [0.717, 1.165) is 19.3 Å². The molecule has 1 atom stereocenters. The molecule has 0 radical (unpaired) electrons. The van der Waals surface area contributed by atoms with Crippen LogP contribution in [0.5, 0.6) is 0 Å². The van der Waals surface area contributed by atoms with Crippen LogP contribution in [0.4, 0.5) is 8.78 Å². The van der Waals surface area contributed by atoms with E-state index in [0.29, 0.717) is 12.8 Å². The maximum Gasteiger partial charge on any atom is 0.263 e. The molecule has 2 aliphatic carbocycles. The van der Waals surface area contributed by atoms with Crippen LogP contribution in [0.1, 0.15) is 38.5 Å². The van der Waals surface area contributed by atoms with Gasteiger partial charge in [0.1, 0.15) is 0 Å². The van der Waals surface area contributed by atoms with Crippen molar-refractivity contribution < 1.29 is 8.78 Å². The van der Waals surface area contributed by atoms with E-state index < -0.39 is 12.0 Å². The fraction of sp³-hybridized carbons (Fsp3) is 1.00. The lowest BCUT2D eigenvalue weighted by molar-refractivity contribution is -0.0698. The van der Waals surface area contributed by atoms with E-state index in [1.165, 1.54) is 0 Å². The van der Waals surface area contributed by atoms with Gasteiger partial charge in [0.25, 0.3) is 5.92 Å². The first-order valence-corrected chi connectivity index (χ1v) is 5.47. The van der Waals surface area contributed by atoms with E-state index in [9.17, 15) is 8.78 Å². The Morgan fingerprint density at radius 3 is 2.50 bits per heavy atom. The van der Waals surface area contributed by atoms with Crippen LogP contribution in [0.2, 0.25) is 0 Å². The summed E-state index contributed by atoms with van der Waals surface area (Å²) >= 11 is 0. The second-order valence-electron chi connectivity index (χ2n) is 4.65. The van der Waals surface area contributed by atoms with Gasteiger partial charge in [0.15, 0.2) is 0 Å². The summed E-state index contributed by atoms with van der Waals surface area (Å²) in [5.74, 6) is -2.50. The van der Waals surface area contributed by atoms with Crippen LogP contribution >= 0.6 is 0 Å². The lowest BCUT2D eigenvalue weighted by Crippen LogP contribution is -2.57. The molecule has 82 valence electrons. The van der Waals surface area contributed by atoms with Crippen molar-refractivity contribution in [1.29, 1.82) is 0 Å². The fourth-order valence-corrected chi connectivity index (χ4v) is 2.38. The maximum atomic E-state index is 13.4. The van der Waals surface area contributed by atoms with E-state index in [2.05, 4.69) is 5.32 Å². The smallest absolute Gasteiger partial charge is 0.263 e. The van der Waals surface area contributed by atoms with E-state index in [1.807, 2.05) is 0 Å². The van der Waals surface area contributed by atoms with Crippen LogP contribution in [-0.2, 0) is 0 Å². The van der Waals surface area contributed by atoms with Crippen LogP contribution in [0, 0.1) is 0 Å². The Morgan fingerprint density at radius 1 is 1.21 bits per heavy atom. The Morgan fingerprint density at radius 2 is 1.93 bits per heavy atom. The topological polar surface area (TPSA) is 38.0 Å². The number of halogens is 2. The second kappa shape index (κ2) is 3.74. The average molecular weight is 204 g/mol. The van der Waals surface area contributed by atoms with Crippen LogP contribution in [0.25, 0.3) is 0 Å². The van der Waals surface area contributed by atoms with Crippen LogP contribution in [-0.4, -0.2) is 24.0 Å². The molecule has 14 heavy (non-hydrogen) atoms. The number of nitrogens with two attached hydrogens (primary N) is 1. The molecule has 2 aliphatic rings. The third-order valence-corrected chi connectivity index (χ3v) is 3.37. The molecule has 0 heterocycles. The molecule has 2 saturated carbocycles. The maximum absolute atomic E-state index is 13.4. The first-order chi connectivity index (χ1) is 6.58. The Balaban J connectivity index is 1.83. The summed E-state index contributed by atoms with van der Waals surface area (Å²) in [6, 6.07) is -0.141. The summed E-state index contributed by atoms with van der Waals surface area (Å²) in [5.41, 5.74) is 5.61. The highest BCUT2D eigenvalue weighted by atomic mass is 19.3. The molecule has 2 fully saturated rings. The molecule has 2 nitrogen and oxygen atoms in total. The minimum absolute atomic E-state index is 0.0451. The molecule has 3 N–H and O–H groups in total.